The molecule has 0 saturated carbocycles. The van der Waals surface area contributed by atoms with E-state index in [-0.39, 0.29) is 24.4 Å². The number of nitrogens with one attached hydrogen (secondary N) is 3. The van der Waals surface area contributed by atoms with Gasteiger partial charge in [-0.15, -0.1) is 0 Å². The molecule has 2 rings (SSSR count). The molecule has 0 bridgehead atoms. The van der Waals surface area contributed by atoms with E-state index in [0.29, 0.717) is 19.5 Å². The van der Waals surface area contributed by atoms with Crippen molar-refractivity contribution in [2.45, 2.75) is 51.7 Å². The predicted molar refractivity (Wildman–Crippen MR) is 83.2 cm³/mol. The Morgan fingerprint density at radius 2 is 2.36 bits per heavy atom. The zero-order chi connectivity index (χ0) is 15.9. The first-order valence-corrected chi connectivity index (χ1v) is 7.84. The predicted octanol–water partition coefficient (Wildman–Crippen LogP) is -0.0455. The van der Waals surface area contributed by atoms with Crippen LogP contribution in [0.5, 0.6) is 0 Å². The molecule has 1 aromatic heterocycles. The lowest BCUT2D eigenvalue weighted by molar-refractivity contribution is -0.128. The number of rotatable bonds is 6. The number of hydrogen-bond donors (Lipinski definition) is 3. The first-order chi connectivity index (χ1) is 10.5. The number of aromatic nitrogens is 2. The van der Waals surface area contributed by atoms with Crippen LogP contribution in [-0.2, 0) is 16.1 Å². The standard InChI is InChI=1S/C15H25N5O2/c1-11-7-18-20(9-11)10-12(2)17-8-14(21)19-13-5-3-4-6-16-15(13)22/h7,9,12-13,17H,3-6,8,10H2,1-2H3,(H,16,22)(H,19,21)/t12-,13+/m1/s1. The molecule has 1 aliphatic rings. The van der Waals surface area contributed by atoms with Gasteiger partial charge in [0.15, 0.2) is 0 Å². The van der Waals surface area contributed by atoms with Crippen LogP contribution in [0.25, 0.3) is 0 Å². The van der Waals surface area contributed by atoms with Gasteiger partial charge >= 0.3 is 0 Å². The highest BCUT2D eigenvalue weighted by molar-refractivity contribution is 5.88. The van der Waals surface area contributed by atoms with Gasteiger partial charge in [-0.1, -0.05) is 0 Å². The van der Waals surface area contributed by atoms with Gasteiger partial charge in [-0.2, -0.15) is 5.10 Å². The van der Waals surface area contributed by atoms with Crippen molar-refractivity contribution in [3.8, 4) is 0 Å². The minimum Gasteiger partial charge on any atom is -0.354 e. The summed E-state index contributed by atoms with van der Waals surface area (Å²) in [6.45, 7) is 5.59. The maximum atomic E-state index is 12.0. The van der Waals surface area contributed by atoms with Crippen molar-refractivity contribution in [3.63, 3.8) is 0 Å². The van der Waals surface area contributed by atoms with Crippen LogP contribution in [0.3, 0.4) is 0 Å². The summed E-state index contributed by atoms with van der Waals surface area (Å²) in [5.74, 6) is -0.225. The number of nitrogens with zero attached hydrogens (tertiary/aromatic N) is 2. The highest BCUT2D eigenvalue weighted by Crippen LogP contribution is 2.05. The van der Waals surface area contributed by atoms with E-state index in [1.807, 2.05) is 30.9 Å². The summed E-state index contributed by atoms with van der Waals surface area (Å²) in [6.07, 6.45) is 6.40. The first kappa shape index (κ1) is 16.5. The summed E-state index contributed by atoms with van der Waals surface area (Å²) >= 11 is 0. The molecule has 122 valence electrons. The zero-order valence-electron chi connectivity index (χ0n) is 13.3. The van der Waals surface area contributed by atoms with Crippen LogP contribution in [-0.4, -0.2) is 46.8 Å². The second kappa shape index (κ2) is 7.93. The quantitative estimate of drug-likeness (QED) is 0.688. The Bertz CT molecular complexity index is 514. The van der Waals surface area contributed by atoms with Gasteiger partial charge in [-0.25, -0.2) is 0 Å². The van der Waals surface area contributed by atoms with Crippen molar-refractivity contribution < 1.29 is 9.59 Å². The number of carbonyl (C=O) groups is 2. The van der Waals surface area contributed by atoms with Crippen LogP contribution in [0.15, 0.2) is 12.4 Å². The summed E-state index contributed by atoms with van der Waals surface area (Å²) in [7, 11) is 0. The molecular weight excluding hydrogens is 282 g/mol. The van der Waals surface area contributed by atoms with Crippen LogP contribution in [0.2, 0.25) is 0 Å². The van der Waals surface area contributed by atoms with Crippen LogP contribution in [0.1, 0.15) is 31.7 Å². The molecule has 0 aliphatic carbocycles. The molecule has 1 saturated heterocycles. The normalized spacial score (nSPS) is 20.1. The Kier molecular flexibility index (Phi) is 5.94. The van der Waals surface area contributed by atoms with Crippen LogP contribution < -0.4 is 16.0 Å². The summed E-state index contributed by atoms with van der Waals surface area (Å²) in [5, 5.41) is 13.0. The molecule has 0 aromatic carbocycles. The van der Waals surface area contributed by atoms with Crippen LogP contribution in [0, 0.1) is 6.92 Å². The molecule has 3 N–H and O–H groups in total. The second-order valence-electron chi connectivity index (χ2n) is 5.93. The molecule has 2 heterocycles. The summed E-state index contributed by atoms with van der Waals surface area (Å²) in [6, 6.07) is -0.283. The third kappa shape index (κ3) is 5.14. The highest BCUT2D eigenvalue weighted by Gasteiger charge is 2.22. The van der Waals surface area contributed by atoms with E-state index in [1.165, 1.54) is 0 Å². The Balaban J connectivity index is 1.71. The summed E-state index contributed by atoms with van der Waals surface area (Å²) in [5.41, 5.74) is 1.12. The van der Waals surface area contributed by atoms with Crippen molar-refractivity contribution in [1.82, 2.24) is 25.7 Å². The molecule has 0 radical (unpaired) electrons. The molecule has 7 heteroatoms. The fraction of sp³-hybridized carbons (Fsp3) is 0.667. The van der Waals surface area contributed by atoms with E-state index in [1.54, 1.807) is 0 Å². The Labute approximate surface area is 130 Å². The maximum absolute atomic E-state index is 12.0. The van der Waals surface area contributed by atoms with Crippen molar-refractivity contribution in [2.24, 2.45) is 0 Å². The molecule has 7 nitrogen and oxygen atoms in total. The average molecular weight is 307 g/mol. The number of aryl methyl sites for hydroxylation is 1. The molecular formula is C15H25N5O2. The van der Waals surface area contributed by atoms with Gasteiger partial charge in [0.2, 0.25) is 11.8 Å². The van der Waals surface area contributed by atoms with Gasteiger partial charge in [0, 0.05) is 18.8 Å². The third-order valence-corrected chi connectivity index (χ3v) is 3.70. The molecule has 22 heavy (non-hydrogen) atoms. The van der Waals surface area contributed by atoms with E-state index in [2.05, 4.69) is 21.0 Å². The highest BCUT2D eigenvalue weighted by atomic mass is 16.2. The van der Waals surface area contributed by atoms with E-state index < -0.39 is 6.04 Å². The minimum absolute atomic E-state index is 0.0779. The molecule has 0 spiro atoms. The van der Waals surface area contributed by atoms with E-state index >= 15 is 0 Å². The molecule has 1 fully saturated rings. The van der Waals surface area contributed by atoms with Gasteiger partial charge in [0.05, 0.1) is 19.3 Å². The maximum Gasteiger partial charge on any atom is 0.242 e. The van der Waals surface area contributed by atoms with Gasteiger partial charge < -0.3 is 16.0 Å². The lowest BCUT2D eigenvalue weighted by atomic mass is 10.1. The average Bonchev–Trinajstić information content (AvgIpc) is 2.77. The SMILES string of the molecule is Cc1cnn(C[C@@H](C)NCC(=O)N[C@H]2CCCCNC2=O)c1. The molecule has 2 amide bonds. The van der Waals surface area contributed by atoms with Gasteiger partial charge in [0.25, 0.3) is 0 Å². The lowest BCUT2D eigenvalue weighted by Crippen LogP contribution is -2.49. The fourth-order valence-corrected chi connectivity index (χ4v) is 2.50. The van der Waals surface area contributed by atoms with E-state index in [0.717, 1.165) is 18.4 Å². The number of amides is 2. The second-order valence-corrected chi connectivity index (χ2v) is 5.93. The number of carbonyl (C=O) groups excluding carboxylic acids is 2. The third-order valence-electron chi connectivity index (χ3n) is 3.70. The summed E-state index contributed by atoms with van der Waals surface area (Å²) < 4.78 is 1.85. The smallest absolute Gasteiger partial charge is 0.242 e. The molecule has 1 aliphatic heterocycles. The minimum atomic E-state index is -0.402. The Morgan fingerprint density at radius 1 is 1.55 bits per heavy atom. The Hall–Kier alpha value is -1.89. The van der Waals surface area contributed by atoms with Crippen LogP contribution >= 0.6 is 0 Å². The van der Waals surface area contributed by atoms with E-state index in [4.69, 9.17) is 0 Å². The van der Waals surface area contributed by atoms with Crippen LogP contribution in [0.4, 0.5) is 0 Å². The largest absolute Gasteiger partial charge is 0.354 e. The zero-order valence-corrected chi connectivity index (χ0v) is 13.3. The van der Waals surface area contributed by atoms with Crippen molar-refractivity contribution >= 4 is 11.8 Å². The molecule has 0 unspecified atom stereocenters. The molecule has 2 atom stereocenters. The van der Waals surface area contributed by atoms with Gasteiger partial charge in [-0.3, -0.25) is 14.3 Å². The van der Waals surface area contributed by atoms with Crippen molar-refractivity contribution in [2.75, 3.05) is 13.1 Å². The fourth-order valence-electron chi connectivity index (χ4n) is 2.50. The number of hydrogen-bond acceptors (Lipinski definition) is 4. The lowest BCUT2D eigenvalue weighted by Gasteiger charge is -2.17. The van der Waals surface area contributed by atoms with Crippen molar-refractivity contribution in [1.29, 1.82) is 0 Å². The van der Waals surface area contributed by atoms with Gasteiger partial charge in [-0.05, 0) is 38.7 Å². The summed E-state index contributed by atoms with van der Waals surface area (Å²) in [4.78, 5) is 23.7. The Morgan fingerprint density at radius 3 is 3.09 bits per heavy atom. The van der Waals surface area contributed by atoms with Crippen molar-refractivity contribution in [3.05, 3.63) is 18.0 Å². The van der Waals surface area contributed by atoms with Gasteiger partial charge in [0.1, 0.15) is 6.04 Å². The first-order valence-electron chi connectivity index (χ1n) is 7.84. The monoisotopic (exact) mass is 307 g/mol. The molecule has 1 aromatic rings. The van der Waals surface area contributed by atoms with E-state index in [9.17, 15) is 9.59 Å². The topological polar surface area (TPSA) is 88.1 Å².